The molecule has 2 rings (SSSR count). The van der Waals surface area contributed by atoms with Crippen molar-refractivity contribution in [3.8, 4) is 0 Å². The van der Waals surface area contributed by atoms with Gasteiger partial charge in [-0.3, -0.25) is 0 Å². The SMILES string of the molecule is CC1(NS(=O)(=O)c2cc(Cl)cc(CN)c2Cl)CCOCC1. The first kappa shape index (κ1) is 17.0. The van der Waals surface area contributed by atoms with E-state index in [9.17, 15) is 8.42 Å². The predicted octanol–water partition coefficient (Wildman–Crippen LogP) is 2.30. The molecule has 0 radical (unpaired) electrons. The second kappa shape index (κ2) is 6.40. The van der Waals surface area contributed by atoms with Gasteiger partial charge >= 0.3 is 0 Å². The molecule has 1 saturated heterocycles. The molecule has 8 heteroatoms. The average molecular weight is 353 g/mol. The van der Waals surface area contributed by atoms with Gasteiger partial charge in [0.25, 0.3) is 0 Å². The van der Waals surface area contributed by atoms with Crippen molar-refractivity contribution in [1.82, 2.24) is 4.72 Å². The highest BCUT2D eigenvalue weighted by atomic mass is 35.5. The lowest BCUT2D eigenvalue weighted by molar-refractivity contribution is 0.0537. The number of benzene rings is 1. The van der Waals surface area contributed by atoms with Crippen LogP contribution in [0, 0.1) is 0 Å². The molecule has 0 amide bonds. The van der Waals surface area contributed by atoms with Gasteiger partial charge in [-0.05, 0) is 37.5 Å². The fraction of sp³-hybridized carbons (Fsp3) is 0.538. The molecular weight excluding hydrogens is 335 g/mol. The van der Waals surface area contributed by atoms with Crippen molar-refractivity contribution in [2.75, 3.05) is 13.2 Å². The first-order chi connectivity index (χ1) is 9.77. The van der Waals surface area contributed by atoms with E-state index in [1.807, 2.05) is 6.92 Å². The van der Waals surface area contributed by atoms with Gasteiger partial charge in [-0.2, -0.15) is 0 Å². The Kier molecular flexibility index (Phi) is 5.18. The maximum atomic E-state index is 12.6. The Morgan fingerprint density at radius 3 is 2.52 bits per heavy atom. The van der Waals surface area contributed by atoms with Gasteiger partial charge in [-0.25, -0.2) is 13.1 Å². The number of sulfonamides is 1. The van der Waals surface area contributed by atoms with Crippen LogP contribution in [0.4, 0.5) is 0 Å². The van der Waals surface area contributed by atoms with Gasteiger partial charge in [0.15, 0.2) is 0 Å². The summed E-state index contributed by atoms with van der Waals surface area (Å²) < 4.78 is 33.2. The molecule has 0 bridgehead atoms. The van der Waals surface area contributed by atoms with Gasteiger partial charge in [-0.15, -0.1) is 0 Å². The predicted molar refractivity (Wildman–Crippen MR) is 83.1 cm³/mol. The zero-order chi connectivity index (χ0) is 15.7. The molecule has 1 aliphatic rings. The van der Waals surface area contributed by atoms with E-state index >= 15 is 0 Å². The molecule has 0 spiro atoms. The summed E-state index contributed by atoms with van der Waals surface area (Å²) in [6, 6.07) is 2.91. The summed E-state index contributed by atoms with van der Waals surface area (Å²) in [6.45, 7) is 3.02. The molecular formula is C13H18Cl2N2O3S. The van der Waals surface area contributed by atoms with E-state index in [4.69, 9.17) is 33.7 Å². The zero-order valence-electron chi connectivity index (χ0n) is 11.7. The molecule has 0 atom stereocenters. The Balaban J connectivity index is 2.38. The van der Waals surface area contributed by atoms with Gasteiger partial charge < -0.3 is 10.5 Å². The summed E-state index contributed by atoms with van der Waals surface area (Å²) in [7, 11) is -3.78. The minimum Gasteiger partial charge on any atom is -0.381 e. The maximum Gasteiger partial charge on any atom is 0.242 e. The van der Waals surface area contributed by atoms with Crippen LogP contribution in [0.2, 0.25) is 10.0 Å². The van der Waals surface area contributed by atoms with Crippen LogP contribution in [0.25, 0.3) is 0 Å². The van der Waals surface area contributed by atoms with E-state index in [0.29, 0.717) is 31.6 Å². The van der Waals surface area contributed by atoms with E-state index in [2.05, 4.69) is 4.72 Å². The maximum absolute atomic E-state index is 12.6. The van der Waals surface area contributed by atoms with Crippen molar-refractivity contribution in [2.24, 2.45) is 5.73 Å². The van der Waals surface area contributed by atoms with Crippen molar-refractivity contribution in [3.05, 3.63) is 27.7 Å². The van der Waals surface area contributed by atoms with Gasteiger partial charge in [0.1, 0.15) is 4.90 Å². The van der Waals surface area contributed by atoms with Crippen molar-refractivity contribution in [2.45, 2.75) is 36.7 Å². The van der Waals surface area contributed by atoms with Crippen LogP contribution in [-0.4, -0.2) is 27.2 Å². The van der Waals surface area contributed by atoms with E-state index in [0.717, 1.165) is 0 Å². The molecule has 21 heavy (non-hydrogen) atoms. The van der Waals surface area contributed by atoms with E-state index in [1.165, 1.54) is 6.07 Å². The first-order valence-electron chi connectivity index (χ1n) is 6.57. The lowest BCUT2D eigenvalue weighted by Crippen LogP contribution is -2.49. The summed E-state index contributed by atoms with van der Waals surface area (Å²) in [5, 5.41) is 0.405. The van der Waals surface area contributed by atoms with Crippen LogP contribution in [0.5, 0.6) is 0 Å². The van der Waals surface area contributed by atoms with Gasteiger partial charge in [-0.1, -0.05) is 23.2 Å². The molecule has 118 valence electrons. The Hall–Kier alpha value is -0.370. The van der Waals surface area contributed by atoms with Crippen LogP contribution in [0.1, 0.15) is 25.3 Å². The van der Waals surface area contributed by atoms with E-state index in [1.54, 1.807) is 6.07 Å². The van der Waals surface area contributed by atoms with E-state index in [-0.39, 0.29) is 21.5 Å². The van der Waals surface area contributed by atoms with Gasteiger partial charge in [0.05, 0.1) is 5.02 Å². The molecule has 0 aromatic heterocycles. The topological polar surface area (TPSA) is 81.4 Å². The number of nitrogens with two attached hydrogens (primary N) is 1. The Morgan fingerprint density at radius 2 is 1.95 bits per heavy atom. The average Bonchev–Trinajstić information content (AvgIpc) is 2.40. The number of ether oxygens (including phenoxy) is 1. The molecule has 1 fully saturated rings. The summed E-state index contributed by atoms with van der Waals surface area (Å²) >= 11 is 12.1. The number of rotatable bonds is 4. The van der Waals surface area contributed by atoms with Crippen molar-refractivity contribution < 1.29 is 13.2 Å². The van der Waals surface area contributed by atoms with Gasteiger partial charge in [0.2, 0.25) is 10.0 Å². The number of hydrogen-bond acceptors (Lipinski definition) is 4. The number of hydrogen-bond donors (Lipinski definition) is 2. The fourth-order valence-corrected chi connectivity index (χ4v) is 4.67. The van der Waals surface area contributed by atoms with Gasteiger partial charge in [0, 0.05) is 30.3 Å². The number of nitrogens with one attached hydrogen (secondary N) is 1. The zero-order valence-corrected chi connectivity index (χ0v) is 14.0. The molecule has 1 aromatic carbocycles. The second-order valence-corrected chi connectivity index (χ2v) is 7.82. The van der Waals surface area contributed by atoms with Crippen molar-refractivity contribution in [3.63, 3.8) is 0 Å². The Labute approximate surface area is 134 Å². The largest absolute Gasteiger partial charge is 0.381 e. The molecule has 1 heterocycles. The third-order valence-electron chi connectivity index (χ3n) is 3.57. The molecule has 5 nitrogen and oxygen atoms in total. The monoisotopic (exact) mass is 352 g/mol. The van der Waals surface area contributed by atoms with Crippen LogP contribution >= 0.6 is 23.2 Å². The summed E-state index contributed by atoms with van der Waals surface area (Å²) in [6.07, 6.45) is 1.21. The summed E-state index contributed by atoms with van der Waals surface area (Å²) in [5.74, 6) is 0. The molecule has 0 saturated carbocycles. The Morgan fingerprint density at radius 1 is 1.33 bits per heavy atom. The lowest BCUT2D eigenvalue weighted by atomic mass is 9.94. The smallest absolute Gasteiger partial charge is 0.242 e. The van der Waals surface area contributed by atoms with E-state index < -0.39 is 15.6 Å². The molecule has 0 aliphatic carbocycles. The lowest BCUT2D eigenvalue weighted by Gasteiger charge is -2.34. The highest BCUT2D eigenvalue weighted by Crippen LogP contribution is 2.31. The molecule has 3 N–H and O–H groups in total. The third kappa shape index (κ3) is 3.88. The molecule has 0 unspecified atom stereocenters. The normalized spacial score (nSPS) is 18.7. The van der Waals surface area contributed by atoms with Crippen molar-refractivity contribution >= 4 is 33.2 Å². The molecule has 1 aliphatic heterocycles. The fourth-order valence-electron chi connectivity index (χ4n) is 2.27. The summed E-state index contributed by atoms with van der Waals surface area (Å²) in [5.41, 5.74) is 5.52. The van der Waals surface area contributed by atoms with Crippen LogP contribution in [0.15, 0.2) is 17.0 Å². The highest BCUT2D eigenvalue weighted by molar-refractivity contribution is 7.89. The quantitative estimate of drug-likeness (QED) is 0.870. The minimum atomic E-state index is -3.78. The summed E-state index contributed by atoms with van der Waals surface area (Å²) in [4.78, 5) is -0.0372. The minimum absolute atomic E-state index is 0.0372. The Bertz CT molecular complexity index is 629. The van der Waals surface area contributed by atoms with Crippen LogP contribution < -0.4 is 10.5 Å². The van der Waals surface area contributed by atoms with Crippen LogP contribution in [0.3, 0.4) is 0 Å². The van der Waals surface area contributed by atoms with Crippen LogP contribution in [-0.2, 0) is 21.3 Å². The third-order valence-corrected chi connectivity index (χ3v) is 6.01. The first-order valence-corrected chi connectivity index (χ1v) is 8.81. The number of halogens is 2. The highest BCUT2D eigenvalue weighted by Gasteiger charge is 2.33. The second-order valence-electron chi connectivity index (χ2n) is 5.36. The standard InChI is InChI=1S/C13H18Cl2N2O3S/c1-13(2-4-20-5-3-13)17-21(18,19)11-7-10(14)6-9(8-16)12(11)15/h6-7,17H,2-5,8,16H2,1H3. The van der Waals surface area contributed by atoms with Crippen molar-refractivity contribution in [1.29, 1.82) is 0 Å². The molecule has 1 aromatic rings.